The quantitative estimate of drug-likeness (QED) is 0.498. The van der Waals surface area contributed by atoms with Crippen LogP contribution in [0.25, 0.3) is 0 Å². The van der Waals surface area contributed by atoms with Crippen molar-refractivity contribution in [1.29, 1.82) is 5.26 Å². The lowest BCUT2D eigenvalue weighted by molar-refractivity contribution is -0.148. The summed E-state index contributed by atoms with van der Waals surface area (Å²) in [5.41, 5.74) is 4.63. The van der Waals surface area contributed by atoms with Gasteiger partial charge in [0.2, 0.25) is 5.91 Å². The molecule has 0 bridgehead atoms. The third-order valence-electron chi connectivity index (χ3n) is 6.00. The zero-order valence-corrected chi connectivity index (χ0v) is 20.3. The first kappa shape index (κ1) is 25.4. The summed E-state index contributed by atoms with van der Waals surface area (Å²) in [4.78, 5) is 27.8. The Bertz CT molecular complexity index is 1020. The van der Waals surface area contributed by atoms with Crippen LogP contribution in [0.1, 0.15) is 36.1 Å². The summed E-state index contributed by atoms with van der Waals surface area (Å²) in [5.74, 6) is -0.203. The third-order valence-corrected chi connectivity index (χ3v) is 6.00. The van der Waals surface area contributed by atoms with Gasteiger partial charge >= 0.3 is 0 Å². The molecule has 2 N–H and O–H groups in total. The molecule has 8 heteroatoms. The molecule has 8 nitrogen and oxygen atoms in total. The summed E-state index contributed by atoms with van der Waals surface area (Å²) < 4.78 is 0. The summed E-state index contributed by atoms with van der Waals surface area (Å²) in [6.07, 6.45) is 0. The Morgan fingerprint density at radius 2 is 1.71 bits per heavy atom. The number of carbonyl (C=O) groups is 2. The van der Waals surface area contributed by atoms with Gasteiger partial charge in [-0.3, -0.25) is 19.9 Å². The van der Waals surface area contributed by atoms with Crippen LogP contribution in [0.15, 0.2) is 42.5 Å². The van der Waals surface area contributed by atoms with Gasteiger partial charge in [-0.2, -0.15) is 5.26 Å². The zero-order chi connectivity index (χ0) is 24.5. The van der Waals surface area contributed by atoms with E-state index in [0.717, 1.165) is 17.8 Å². The number of aryl methyl sites for hydroxylation is 1. The Morgan fingerprint density at radius 3 is 2.32 bits per heavy atom. The van der Waals surface area contributed by atoms with E-state index in [1.165, 1.54) is 11.1 Å². The van der Waals surface area contributed by atoms with E-state index in [-0.39, 0.29) is 24.9 Å². The fourth-order valence-electron chi connectivity index (χ4n) is 4.20. The first-order valence-corrected chi connectivity index (χ1v) is 11.8. The van der Waals surface area contributed by atoms with Crippen molar-refractivity contribution in [2.24, 2.45) is 0 Å². The average Bonchev–Trinajstić information content (AvgIpc) is 3.26. The van der Waals surface area contributed by atoms with Crippen LogP contribution in [0.4, 0.5) is 5.69 Å². The molecule has 0 aliphatic carbocycles. The fourth-order valence-corrected chi connectivity index (χ4v) is 4.20. The number of nitrogens with zero attached hydrogens (tertiary/aromatic N) is 4. The third kappa shape index (κ3) is 6.20. The van der Waals surface area contributed by atoms with Gasteiger partial charge in [0.05, 0.1) is 24.7 Å². The number of hydrogen-bond acceptors (Lipinski definition) is 6. The maximum Gasteiger partial charge on any atom is 0.250 e. The Balaban J connectivity index is 1.60. The smallest absolute Gasteiger partial charge is 0.250 e. The number of rotatable bonds is 11. The molecular formula is C26H34N6O2. The molecule has 2 aromatic carbocycles. The minimum absolute atomic E-state index is 0.0336. The molecule has 0 saturated carbocycles. The topological polar surface area (TPSA) is 91.7 Å². The van der Waals surface area contributed by atoms with Crippen LogP contribution in [0, 0.1) is 18.3 Å². The zero-order valence-electron chi connectivity index (χ0n) is 20.3. The number of likely N-dealkylation sites (N-methyl/N-ethyl adjacent to an activating group) is 2. The van der Waals surface area contributed by atoms with Crippen LogP contribution in [-0.2, 0) is 22.7 Å². The highest BCUT2D eigenvalue weighted by atomic mass is 16.2. The molecule has 3 rings (SSSR count). The summed E-state index contributed by atoms with van der Waals surface area (Å²) in [5, 5.41) is 19.4. The van der Waals surface area contributed by atoms with Crippen molar-refractivity contribution in [3.05, 3.63) is 64.7 Å². The summed E-state index contributed by atoms with van der Waals surface area (Å²) in [7, 11) is 0. The standard InChI is InChI=1S/C26H34N6O2/c1-4-28-12-13-31(24-14-21(15-27)11-10-20(24)3)25(33)16-29-17-26(34)32(5-2)30-18-22-8-6-7-9-23(22)19-30/h6-11,14,28-29H,4-5,12-13,16-19H2,1-3H3. The van der Waals surface area contributed by atoms with Crippen LogP contribution < -0.4 is 15.5 Å². The molecule has 0 unspecified atom stereocenters. The number of amides is 2. The Kier molecular flexibility index (Phi) is 9.16. The highest BCUT2D eigenvalue weighted by Crippen LogP contribution is 2.24. The van der Waals surface area contributed by atoms with Gasteiger partial charge < -0.3 is 10.2 Å². The van der Waals surface area contributed by atoms with Gasteiger partial charge in [-0.1, -0.05) is 37.3 Å². The second kappa shape index (κ2) is 12.3. The SMILES string of the molecule is CCNCCN(C(=O)CNCC(=O)N(CC)N1Cc2ccccc2C1)c1cc(C#N)ccc1C. The number of anilines is 1. The normalized spacial score (nSPS) is 12.8. The molecule has 0 saturated heterocycles. The van der Waals surface area contributed by atoms with Crippen molar-refractivity contribution in [3.8, 4) is 6.07 Å². The van der Waals surface area contributed by atoms with Crippen LogP contribution in [0.5, 0.6) is 0 Å². The van der Waals surface area contributed by atoms with E-state index in [0.29, 0.717) is 38.3 Å². The number of benzene rings is 2. The molecule has 180 valence electrons. The minimum atomic E-state index is -0.138. The van der Waals surface area contributed by atoms with Crippen molar-refractivity contribution < 1.29 is 9.59 Å². The maximum absolute atomic E-state index is 13.1. The summed E-state index contributed by atoms with van der Waals surface area (Å²) >= 11 is 0. The molecule has 2 amide bonds. The molecule has 1 aliphatic rings. The Labute approximate surface area is 202 Å². The lowest BCUT2D eigenvalue weighted by Crippen LogP contribution is -2.49. The monoisotopic (exact) mass is 462 g/mol. The van der Waals surface area contributed by atoms with E-state index in [1.54, 1.807) is 22.0 Å². The highest BCUT2D eigenvalue weighted by Gasteiger charge is 2.26. The predicted octanol–water partition coefficient (Wildman–Crippen LogP) is 2.18. The number of nitrogens with one attached hydrogen (secondary N) is 2. The molecule has 0 aromatic heterocycles. The lowest BCUT2D eigenvalue weighted by Gasteiger charge is -2.31. The number of fused-ring (bicyclic) bond motifs is 1. The van der Waals surface area contributed by atoms with Crippen LogP contribution in [0.2, 0.25) is 0 Å². The first-order chi connectivity index (χ1) is 16.5. The number of hydrazine groups is 1. The van der Waals surface area contributed by atoms with Gasteiger partial charge in [-0.05, 0) is 49.2 Å². The average molecular weight is 463 g/mol. The summed E-state index contributed by atoms with van der Waals surface area (Å²) in [6, 6.07) is 15.7. The molecule has 0 fully saturated rings. The molecule has 0 radical (unpaired) electrons. The predicted molar refractivity (Wildman–Crippen MR) is 133 cm³/mol. The molecular weight excluding hydrogens is 428 g/mol. The van der Waals surface area contributed by atoms with Crippen molar-refractivity contribution in [2.45, 2.75) is 33.9 Å². The maximum atomic E-state index is 13.1. The van der Waals surface area contributed by atoms with Gasteiger partial charge in [0.15, 0.2) is 0 Å². The molecule has 0 atom stereocenters. The van der Waals surface area contributed by atoms with Crippen LogP contribution >= 0.6 is 0 Å². The second-order valence-corrected chi connectivity index (χ2v) is 8.32. The minimum Gasteiger partial charge on any atom is -0.315 e. The molecule has 1 heterocycles. The van der Waals surface area contributed by atoms with E-state index < -0.39 is 0 Å². The van der Waals surface area contributed by atoms with E-state index in [4.69, 9.17) is 0 Å². The highest BCUT2D eigenvalue weighted by molar-refractivity contribution is 5.96. The van der Waals surface area contributed by atoms with Crippen molar-refractivity contribution >= 4 is 17.5 Å². The van der Waals surface area contributed by atoms with Gasteiger partial charge in [0, 0.05) is 38.4 Å². The molecule has 0 spiro atoms. The van der Waals surface area contributed by atoms with Crippen molar-refractivity contribution in [1.82, 2.24) is 20.7 Å². The lowest BCUT2D eigenvalue weighted by atomic mass is 10.1. The molecule has 1 aliphatic heterocycles. The number of nitriles is 1. The largest absolute Gasteiger partial charge is 0.315 e. The van der Waals surface area contributed by atoms with E-state index in [1.807, 2.05) is 39.0 Å². The van der Waals surface area contributed by atoms with Gasteiger partial charge in [-0.15, -0.1) is 0 Å². The number of carbonyl (C=O) groups excluding carboxylic acids is 2. The Hall–Kier alpha value is -3.25. The molecule has 34 heavy (non-hydrogen) atoms. The van der Waals surface area contributed by atoms with Gasteiger partial charge in [0.25, 0.3) is 5.91 Å². The molecule has 2 aromatic rings. The number of hydrogen-bond donors (Lipinski definition) is 2. The van der Waals surface area contributed by atoms with E-state index in [2.05, 4.69) is 33.8 Å². The fraction of sp³-hybridized carbons (Fsp3) is 0.423. The van der Waals surface area contributed by atoms with Gasteiger partial charge in [0.1, 0.15) is 0 Å². The van der Waals surface area contributed by atoms with Gasteiger partial charge in [-0.25, -0.2) is 5.01 Å². The van der Waals surface area contributed by atoms with Crippen molar-refractivity contribution in [3.63, 3.8) is 0 Å². The Morgan fingerprint density at radius 1 is 1.03 bits per heavy atom. The van der Waals surface area contributed by atoms with Crippen molar-refractivity contribution in [2.75, 3.05) is 44.2 Å². The van der Waals surface area contributed by atoms with Crippen LogP contribution in [-0.4, -0.2) is 61.1 Å². The summed E-state index contributed by atoms with van der Waals surface area (Å²) in [6.45, 7) is 9.91. The van der Waals surface area contributed by atoms with E-state index >= 15 is 0 Å². The second-order valence-electron chi connectivity index (χ2n) is 8.32. The first-order valence-electron chi connectivity index (χ1n) is 11.8. The van der Waals surface area contributed by atoms with E-state index in [9.17, 15) is 14.9 Å². The van der Waals surface area contributed by atoms with Crippen LogP contribution in [0.3, 0.4) is 0 Å².